The Kier molecular flexibility index (Phi) is 6.78. The molecule has 0 aliphatic rings. The zero-order valence-electron chi connectivity index (χ0n) is 12.9. The van der Waals surface area contributed by atoms with Crippen LogP contribution in [-0.2, 0) is 0 Å². The highest BCUT2D eigenvalue weighted by Crippen LogP contribution is 2.30. The number of methoxy groups -OCH3 is 1. The van der Waals surface area contributed by atoms with Gasteiger partial charge in [0.2, 0.25) is 0 Å². The fraction of sp³-hybridized carbons (Fsp3) is 0.533. The highest BCUT2D eigenvalue weighted by Gasteiger charge is 2.12. The lowest BCUT2D eigenvalue weighted by atomic mass is 10.1. The van der Waals surface area contributed by atoms with Crippen molar-refractivity contribution in [2.75, 3.05) is 19.0 Å². The number of ether oxygens (including phenoxy) is 1. The fourth-order valence-electron chi connectivity index (χ4n) is 2.03. The molecule has 6 heteroatoms. The van der Waals surface area contributed by atoms with Gasteiger partial charge in [0.05, 0.1) is 18.9 Å². The number of aliphatic hydroxyl groups excluding tert-OH is 1. The molecule has 2 atom stereocenters. The number of benzene rings is 1. The zero-order valence-corrected chi connectivity index (χ0v) is 13.6. The number of nitrogens with one attached hydrogen (secondary N) is 2. The molecule has 1 rings (SSSR count). The molecule has 118 valence electrons. The van der Waals surface area contributed by atoms with Crippen LogP contribution in [0.5, 0.6) is 5.75 Å². The van der Waals surface area contributed by atoms with Crippen LogP contribution in [-0.4, -0.2) is 30.9 Å². The molecule has 0 heterocycles. The molecule has 0 bridgehead atoms. The van der Waals surface area contributed by atoms with Gasteiger partial charge < -0.3 is 20.5 Å². The first-order chi connectivity index (χ1) is 9.83. The van der Waals surface area contributed by atoms with E-state index in [9.17, 15) is 9.90 Å². The van der Waals surface area contributed by atoms with Gasteiger partial charge in [0.1, 0.15) is 5.75 Å². The van der Waals surface area contributed by atoms with E-state index < -0.39 is 0 Å². The van der Waals surface area contributed by atoms with Gasteiger partial charge in [0.25, 0.3) is 0 Å². The second-order valence-electron chi connectivity index (χ2n) is 5.33. The first-order valence-corrected chi connectivity index (χ1v) is 7.28. The van der Waals surface area contributed by atoms with Crippen LogP contribution in [0.1, 0.15) is 25.8 Å². The predicted molar refractivity (Wildman–Crippen MR) is 85.2 cm³/mol. The van der Waals surface area contributed by atoms with Gasteiger partial charge in [-0.25, -0.2) is 4.79 Å². The molecular formula is C15H23ClN2O3. The minimum absolute atomic E-state index is 0.199. The van der Waals surface area contributed by atoms with E-state index in [2.05, 4.69) is 10.6 Å². The SMILES string of the molecule is COc1cc(Cl)c(C)cc1NC(=O)NC[C@H](C)C[C@@H](C)O. The second-order valence-corrected chi connectivity index (χ2v) is 5.73. The summed E-state index contributed by atoms with van der Waals surface area (Å²) in [6.45, 7) is 6.05. The highest BCUT2D eigenvalue weighted by atomic mass is 35.5. The highest BCUT2D eigenvalue weighted by molar-refractivity contribution is 6.31. The number of hydrogen-bond donors (Lipinski definition) is 3. The summed E-state index contributed by atoms with van der Waals surface area (Å²) in [4.78, 5) is 11.9. The van der Waals surface area contributed by atoms with Gasteiger partial charge >= 0.3 is 6.03 Å². The van der Waals surface area contributed by atoms with E-state index in [0.717, 1.165) is 5.56 Å². The number of aryl methyl sites for hydroxylation is 1. The first-order valence-electron chi connectivity index (χ1n) is 6.90. The Labute approximate surface area is 130 Å². The molecule has 0 aliphatic carbocycles. The maximum Gasteiger partial charge on any atom is 0.319 e. The van der Waals surface area contributed by atoms with Gasteiger partial charge in [-0.2, -0.15) is 0 Å². The quantitative estimate of drug-likeness (QED) is 0.755. The molecule has 0 saturated heterocycles. The van der Waals surface area contributed by atoms with E-state index in [0.29, 0.717) is 29.4 Å². The molecule has 5 nitrogen and oxygen atoms in total. The molecule has 2 amide bonds. The van der Waals surface area contributed by atoms with Crippen molar-refractivity contribution in [1.29, 1.82) is 0 Å². The third-order valence-corrected chi connectivity index (χ3v) is 3.49. The predicted octanol–water partition coefficient (Wildman–Crippen LogP) is 3.19. The Morgan fingerprint density at radius 3 is 2.67 bits per heavy atom. The lowest BCUT2D eigenvalue weighted by molar-refractivity contribution is 0.163. The summed E-state index contributed by atoms with van der Waals surface area (Å²) in [5.74, 6) is 0.711. The van der Waals surface area contributed by atoms with Crippen molar-refractivity contribution >= 4 is 23.3 Å². The summed E-state index contributed by atoms with van der Waals surface area (Å²) in [7, 11) is 1.52. The van der Waals surface area contributed by atoms with Crippen LogP contribution in [0.4, 0.5) is 10.5 Å². The van der Waals surface area contributed by atoms with Crippen molar-refractivity contribution in [1.82, 2.24) is 5.32 Å². The van der Waals surface area contributed by atoms with Gasteiger partial charge in [-0.1, -0.05) is 18.5 Å². The average molecular weight is 315 g/mol. The summed E-state index contributed by atoms with van der Waals surface area (Å²) in [5.41, 5.74) is 1.43. The van der Waals surface area contributed by atoms with E-state index in [1.54, 1.807) is 19.1 Å². The Morgan fingerprint density at radius 1 is 1.43 bits per heavy atom. The Balaban J connectivity index is 2.61. The number of urea groups is 1. The molecule has 0 aromatic heterocycles. The number of rotatable bonds is 6. The Hall–Kier alpha value is -1.46. The van der Waals surface area contributed by atoms with E-state index in [4.69, 9.17) is 16.3 Å². The van der Waals surface area contributed by atoms with Gasteiger partial charge in [0, 0.05) is 17.6 Å². The fourth-order valence-corrected chi connectivity index (χ4v) is 2.18. The smallest absolute Gasteiger partial charge is 0.319 e. The first kappa shape index (κ1) is 17.6. The summed E-state index contributed by atoms with van der Waals surface area (Å²) in [6, 6.07) is 3.12. The molecule has 0 aliphatic heterocycles. The summed E-state index contributed by atoms with van der Waals surface area (Å²) in [5, 5.41) is 15.4. The van der Waals surface area contributed by atoms with Crippen molar-refractivity contribution in [2.45, 2.75) is 33.3 Å². The number of halogens is 1. The van der Waals surface area contributed by atoms with Crippen molar-refractivity contribution in [3.05, 3.63) is 22.7 Å². The van der Waals surface area contributed by atoms with Crippen molar-refractivity contribution in [2.24, 2.45) is 5.92 Å². The summed E-state index contributed by atoms with van der Waals surface area (Å²) < 4.78 is 5.20. The van der Waals surface area contributed by atoms with Crippen LogP contribution >= 0.6 is 11.6 Å². The van der Waals surface area contributed by atoms with Gasteiger partial charge in [0.15, 0.2) is 0 Å². The van der Waals surface area contributed by atoms with Crippen LogP contribution in [0.25, 0.3) is 0 Å². The molecule has 21 heavy (non-hydrogen) atoms. The number of anilines is 1. The van der Waals surface area contributed by atoms with E-state index in [1.807, 2.05) is 13.8 Å². The van der Waals surface area contributed by atoms with E-state index in [1.165, 1.54) is 7.11 Å². The second kappa shape index (κ2) is 8.10. The topological polar surface area (TPSA) is 70.6 Å². The Morgan fingerprint density at radius 2 is 2.10 bits per heavy atom. The molecule has 0 spiro atoms. The van der Waals surface area contributed by atoms with Crippen LogP contribution in [0, 0.1) is 12.8 Å². The Bertz CT molecular complexity index is 492. The third kappa shape index (κ3) is 5.81. The molecule has 1 aromatic carbocycles. The lowest BCUT2D eigenvalue weighted by Gasteiger charge is -2.16. The maximum atomic E-state index is 11.9. The van der Waals surface area contributed by atoms with Crippen LogP contribution < -0.4 is 15.4 Å². The standard InChI is InChI=1S/C15H23ClN2O3/c1-9(5-11(3)19)8-17-15(20)18-13-6-10(2)12(16)7-14(13)21-4/h6-7,9,11,19H,5,8H2,1-4H3,(H2,17,18,20)/t9-,11-/m1/s1. The maximum absolute atomic E-state index is 11.9. The molecule has 0 radical (unpaired) electrons. The number of carbonyl (C=O) groups excluding carboxylic acids is 1. The van der Waals surface area contributed by atoms with Gasteiger partial charge in [-0.15, -0.1) is 0 Å². The number of carbonyl (C=O) groups is 1. The lowest BCUT2D eigenvalue weighted by Crippen LogP contribution is -2.33. The monoisotopic (exact) mass is 314 g/mol. The van der Waals surface area contributed by atoms with Gasteiger partial charge in [-0.3, -0.25) is 0 Å². The molecule has 0 unspecified atom stereocenters. The van der Waals surface area contributed by atoms with Gasteiger partial charge in [-0.05, 0) is 37.8 Å². The molecule has 1 aromatic rings. The molecule has 3 N–H and O–H groups in total. The van der Waals surface area contributed by atoms with Crippen molar-refractivity contribution < 1.29 is 14.6 Å². The number of amides is 2. The van der Waals surface area contributed by atoms with Crippen LogP contribution in [0.3, 0.4) is 0 Å². The summed E-state index contributed by atoms with van der Waals surface area (Å²) >= 11 is 6.02. The normalized spacial score (nSPS) is 13.4. The van der Waals surface area contributed by atoms with Crippen molar-refractivity contribution in [3.63, 3.8) is 0 Å². The average Bonchev–Trinajstić information content (AvgIpc) is 2.39. The van der Waals surface area contributed by atoms with Crippen molar-refractivity contribution in [3.8, 4) is 5.75 Å². The minimum Gasteiger partial charge on any atom is -0.495 e. The minimum atomic E-state index is -0.371. The van der Waals surface area contributed by atoms with E-state index in [-0.39, 0.29) is 18.1 Å². The zero-order chi connectivity index (χ0) is 16.0. The molecular weight excluding hydrogens is 292 g/mol. The molecule has 0 saturated carbocycles. The largest absolute Gasteiger partial charge is 0.495 e. The third-order valence-electron chi connectivity index (χ3n) is 3.08. The number of hydrogen-bond acceptors (Lipinski definition) is 3. The number of aliphatic hydroxyl groups is 1. The molecule has 0 fully saturated rings. The summed E-state index contributed by atoms with van der Waals surface area (Å²) in [6.07, 6.45) is 0.271. The van der Waals surface area contributed by atoms with E-state index >= 15 is 0 Å². The van der Waals surface area contributed by atoms with Crippen LogP contribution in [0.2, 0.25) is 5.02 Å². The van der Waals surface area contributed by atoms with Crippen LogP contribution in [0.15, 0.2) is 12.1 Å².